The molecule has 132 valence electrons. The van der Waals surface area contributed by atoms with Gasteiger partial charge in [-0.25, -0.2) is 9.37 Å². The van der Waals surface area contributed by atoms with Crippen LogP contribution in [-0.4, -0.2) is 27.9 Å². The first kappa shape index (κ1) is 17.1. The number of benzene rings is 1. The molecule has 0 saturated heterocycles. The van der Waals surface area contributed by atoms with Crippen LogP contribution in [0.1, 0.15) is 35.1 Å². The molecular formula is C18H21FN4O2. The molecule has 1 unspecified atom stereocenters. The molecule has 1 aromatic carbocycles. The molecule has 1 aromatic heterocycles. The number of carbonyl (C=O) groups excluding carboxylic acids is 2. The Labute approximate surface area is 145 Å². The standard InChI is InChI=1S/C18H21FN4O2/c1-11(10-23-6-5-20-12(23)2)9-21-18(25)14-7-13-3-4-17(24)22-16(13)8-15(14)19/h5-8,11H,3-4,9-10H2,1-2H3,(H,21,25)(H,22,24). The number of hydrogen-bond donors (Lipinski definition) is 2. The van der Waals surface area contributed by atoms with Gasteiger partial charge in [-0.2, -0.15) is 0 Å². The molecule has 1 atom stereocenters. The van der Waals surface area contributed by atoms with E-state index in [1.165, 1.54) is 12.1 Å². The minimum absolute atomic E-state index is 0.0147. The second-order valence-electron chi connectivity index (χ2n) is 6.48. The van der Waals surface area contributed by atoms with Crippen LogP contribution in [0.5, 0.6) is 0 Å². The summed E-state index contributed by atoms with van der Waals surface area (Å²) < 4.78 is 16.2. The van der Waals surface area contributed by atoms with Gasteiger partial charge in [0.2, 0.25) is 5.91 Å². The van der Waals surface area contributed by atoms with Gasteiger partial charge in [0.15, 0.2) is 0 Å². The summed E-state index contributed by atoms with van der Waals surface area (Å²) in [5.41, 5.74) is 1.25. The SMILES string of the molecule is Cc1nccn1CC(C)CNC(=O)c1cc2c(cc1F)NC(=O)CC2. The molecule has 0 saturated carbocycles. The molecule has 0 spiro atoms. The molecule has 7 heteroatoms. The average Bonchev–Trinajstić information content (AvgIpc) is 2.96. The van der Waals surface area contributed by atoms with Crippen molar-refractivity contribution in [2.45, 2.75) is 33.2 Å². The van der Waals surface area contributed by atoms with Crippen LogP contribution in [-0.2, 0) is 17.8 Å². The van der Waals surface area contributed by atoms with E-state index in [2.05, 4.69) is 15.6 Å². The summed E-state index contributed by atoms with van der Waals surface area (Å²) >= 11 is 0. The molecule has 0 bridgehead atoms. The smallest absolute Gasteiger partial charge is 0.254 e. The number of hydrogen-bond acceptors (Lipinski definition) is 3. The monoisotopic (exact) mass is 344 g/mol. The van der Waals surface area contributed by atoms with Crippen LogP contribution in [0.2, 0.25) is 0 Å². The first-order valence-electron chi connectivity index (χ1n) is 8.32. The number of rotatable bonds is 5. The summed E-state index contributed by atoms with van der Waals surface area (Å²) in [4.78, 5) is 27.9. The van der Waals surface area contributed by atoms with Crippen LogP contribution >= 0.6 is 0 Å². The third-order valence-electron chi connectivity index (χ3n) is 4.38. The maximum atomic E-state index is 14.2. The van der Waals surface area contributed by atoms with Crippen molar-refractivity contribution < 1.29 is 14.0 Å². The second kappa shape index (κ2) is 7.04. The van der Waals surface area contributed by atoms with E-state index in [4.69, 9.17) is 0 Å². The van der Waals surface area contributed by atoms with Gasteiger partial charge >= 0.3 is 0 Å². The van der Waals surface area contributed by atoms with Crippen LogP contribution < -0.4 is 10.6 Å². The molecule has 1 aliphatic rings. The number of halogens is 1. The van der Waals surface area contributed by atoms with Gasteiger partial charge < -0.3 is 15.2 Å². The fourth-order valence-corrected chi connectivity index (χ4v) is 2.94. The van der Waals surface area contributed by atoms with Crippen LogP contribution in [0.3, 0.4) is 0 Å². The quantitative estimate of drug-likeness (QED) is 0.874. The molecule has 3 rings (SSSR count). The van der Waals surface area contributed by atoms with Crippen molar-refractivity contribution in [3.8, 4) is 0 Å². The summed E-state index contributed by atoms with van der Waals surface area (Å²) in [6, 6.07) is 2.75. The molecule has 2 N–H and O–H groups in total. The van der Waals surface area contributed by atoms with Gasteiger partial charge in [0.25, 0.3) is 5.91 Å². The van der Waals surface area contributed by atoms with E-state index < -0.39 is 11.7 Å². The van der Waals surface area contributed by atoms with Gasteiger partial charge in [0.05, 0.1) is 5.56 Å². The van der Waals surface area contributed by atoms with Gasteiger partial charge in [-0.05, 0) is 37.0 Å². The lowest BCUT2D eigenvalue weighted by Gasteiger charge is -2.19. The van der Waals surface area contributed by atoms with E-state index >= 15 is 0 Å². The lowest BCUT2D eigenvalue weighted by molar-refractivity contribution is -0.116. The first-order chi connectivity index (χ1) is 11.9. The number of aryl methyl sites for hydroxylation is 2. The largest absolute Gasteiger partial charge is 0.352 e. The lowest BCUT2D eigenvalue weighted by atomic mass is 9.99. The van der Waals surface area contributed by atoms with Crippen LogP contribution in [0.4, 0.5) is 10.1 Å². The van der Waals surface area contributed by atoms with Gasteiger partial charge in [0.1, 0.15) is 11.6 Å². The zero-order valence-corrected chi connectivity index (χ0v) is 14.3. The number of nitrogens with one attached hydrogen (secondary N) is 2. The van der Waals surface area contributed by atoms with Crippen molar-refractivity contribution in [3.63, 3.8) is 0 Å². The van der Waals surface area contributed by atoms with Gasteiger partial charge in [0, 0.05) is 37.6 Å². The zero-order chi connectivity index (χ0) is 18.0. The highest BCUT2D eigenvalue weighted by molar-refractivity contribution is 5.98. The second-order valence-corrected chi connectivity index (χ2v) is 6.48. The third-order valence-corrected chi connectivity index (χ3v) is 4.38. The highest BCUT2D eigenvalue weighted by Gasteiger charge is 2.20. The number of nitrogens with zero attached hydrogens (tertiary/aromatic N) is 2. The topological polar surface area (TPSA) is 76.0 Å². The van der Waals surface area contributed by atoms with Crippen molar-refractivity contribution in [1.29, 1.82) is 0 Å². The summed E-state index contributed by atoms with van der Waals surface area (Å²) in [7, 11) is 0. The van der Waals surface area contributed by atoms with Crippen LogP contribution in [0.25, 0.3) is 0 Å². The molecule has 1 aliphatic heterocycles. The van der Waals surface area contributed by atoms with Crippen molar-refractivity contribution >= 4 is 17.5 Å². The molecule has 25 heavy (non-hydrogen) atoms. The Kier molecular flexibility index (Phi) is 4.83. The fraction of sp³-hybridized carbons (Fsp3) is 0.389. The van der Waals surface area contributed by atoms with E-state index in [-0.39, 0.29) is 17.4 Å². The molecule has 2 aromatic rings. The number of aromatic nitrogens is 2. The Balaban J connectivity index is 1.63. The molecule has 2 heterocycles. The summed E-state index contributed by atoms with van der Waals surface area (Å²) in [5.74, 6) is -0.103. The summed E-state index contributed by atoms with van der Waals surface area (Å²) in [6.45, 7) is 5.10. The van der Waals surface area contributed by atoms with Gasteiger partial charge in [-0.15, -0.1) is 0 Å². The van der Waals surface area contributed by atoms with Gasteiger partial charge in [-0.1, -0.05) is 6.92 Å². The Bertz CT molecular complexity index is 815. The number of imidazole rings is 1. The maximum Gasteiger partial charge on any atom is 0.254 e. The van der Waals surface area contributed by atoms with Crippen molar-refractivity contribution in [2.24, 2.45) is 5.92 Å². The molecule has 6 nitrogen and oxygen atoms in total. The predicted molar refractivity (Wildman–Crippen MR) is 91.8 cm³/mol. The molecule has 0 fully saturated rings. The van der Waals surface area contributed by atoms with Crippen molar-refractivity contribution in [2.75, 3.05) is 11.9 Å². The number of amides is 2. The van der Waals surface area contributed by atoms with E-state index in [1.54, 1.807) is 6.20 Å². The minimum Gasteiger partial charge on any atom is -0.352 e. The number of anilines is 1. The number of fused-ring (bicyclic) bond motifs is 1. The minimum atomic E-state index is -0.628. The van der Waals surface area contributed by atoms with E-state index in [1.807, 2.05) is 24.6 Å². The highest BCUT2D eigenvalue weighted by atomic mass is 19.1. The summed E-state index contributed by atoms with van der Waals surface area (Å²) in [5, 5.41) is 5.41. The van der Waals surface area contributed by atoms with E-state index in [0.29, 0.717) is 25.1 Å². The van der Waals surface area contributed by atoms with Crippen molar-refractivity contribution in [3.05, 3.63) is 47.3 Å². The van der Waals surface area contributed by atoms with Gasteiger partial charge in [-0.3, -0.25) is 9.59 Å². The van der Waals surface area contributed by atoms with E-state index in [0.717, 1.165) is 17.9 Å². The molecular weight excluding hydrogens is 323 g/mol. The number of carbonyl (C=O) groups is 2. The highest BCUT2D eigenvalue weighted by Crippen LogP contribution is 2.25. The normalized spacial score (nSPS) is 14.6. The van der Waals surface area contributed by atoms with E-state index in [9.17, 15) is 14.0 Å². The Morgan fingerprint density at radius 2 is 2.24 bits per heavy atom. The van der Waals surface area contributed by atoms with Crippen LogP contribution in [0.15, 0.2) is 24.5 Å². The maximum absolute atomic E-state index is 14.2. The summed E-state index contributed by atoms with van der Waals surface area (Å²) in [6.07, 6.45) is 4.49. The lowest BCUT2D eigenvalue weighted by Crippen LogP contribution is -2.31. The third kappa shape index (κ3) is 3.87. The Morgan fingerprint density at radius 1 is 1.44 bits per heavy atom. The van der Waals surface area contributed by atoms with Crippen LogP contribution in [0, 0.1) is 18.7 Å². The molecule has 0 aliphatic carbocycles. The first-order valence-corrected chi connectivity index (χ1v) is 8.32. The van der Waals surface area contributed by atoms with Crippen molar-refractivity contribution in [1.82, 2.24) is 14.9 Å². The average molecular weight is 344 g/mol. The Hall–Kier alpha value is -2.70. The zero-order valence-electron chi connectivity index (χ0n) is 14.3. The Morgan fingerprint density at radius 3 is 2.96 bits per heavy atom. The predicted octanol–water partition coefficient (Wildman–Crippen LogP) is 2.28. The molecule has 2 amide bonds. The fourth-order valence-electron chi connectivity index (χ4n) is 2.94. The molecule has 0 radical (unpaired) electrons.